The maximum atomic E-state index is 14.0. The van der Waals surface area contributed by atoms with Crippen LogP contribution < -0.4 is 4.74 Å². The van der Waals surface area contributed by atoms with Gasteiger partial charge < -0.3 is 14.1 Å². The van der Waals surface area contributed by atoms with Crippen LogP contribution in [-0.4, -0.2) is 36.0 Å². The van der Waals surface area contributed by atoms with Crippen LogP contribution >= 0.6 is 0 Å². The number of likely N-dealkylation sites (tertiary alicyclic amines) is 1. The number of para-hydroxylation sites is 2. The smallest absolute Gasteiger partial charge is 0.233 e. The molecule has 0 N–H and O–H groups in total. The summed E-state index contributed by atoms with van der Waals surface area (Å²) in [6.45, 7) is 1.50. The summed E-state index contributed by atoms with van der Waals surface area (Å²) in [6, 6.07) is 16.0. The zero-order valence-corrected chi connectivity index (χ0v) is 18.2. The van der Waals surface area contributed by atoms with Crippen molar-refractivity contribution in [2.75, 3.05) is 20.2 Å². The fourth-order valence-corrected chi connectivity index (χ4v) is 5.42. The van der Waals surface area contributed by atoms with E-state index in [1.165, 1.54) is 6.42 Å². The molecule has 1 saturated carbocycles. The number of fused-ring (bicyclic) bond motifs is 1. The SMILES string of the molecule is COc1ccc(C2(C(=O)N3CCCC(c4nc5ccccc5o4)C3)CCCCC2)cc1. The van der Waals surface area contributed by atoms with Gasteiger partial charge in [-0.05, 0) is 55.5 Å². The highest BCUT2D eigenvalue weighted by Gasteiger charge is 2.44. The molecule has 2 fully saturated rings. The zero-order valence-electron chi connectivity index (χ0n) is 18.2. The Balaban J connectivity index is 1.41. The molecule has 3 aromatic rings. The lowest BCUT2D eigenvalue weighted by Gasteiger charge is -2.42. The third-order valence-corrected chi connectivity index (χ3v) is 7.13. The molecule has 1 aromatic heterocycles. The molecule has 0 bridgehead atoms. The Morgan fingerprint density at radius 1 is 1.06 bits per heavy atom. The molecular formula is C26H30N2O3. The van der Waals surface area contributed by atoms with Gasteiger partial charge in [-0.1, -0.05) is 43.5 Å². The van der Waals surface area contributed by atoms with Crippen molar-refractivity contribution < 1.29 is 13.9 Å². The molecule has 1 atom stereocenters. The van der Waals surface area contributed by atoms with Crippen LogP contribution in [0.25, 0.3) is 11.1 Å². The number of rotatable bonds is 4. The molecule has 2 aromatic carbocycles. The third kappa shape index (κ3) is 3.71. The van der Waals surface area contributed by atoms with Crippen LogP contribution in [0, 0.1) is 0 Å². The number of ether oxygens (including phenoxy) is 1. The summed E-state index contributed by atoms with van der Waals surface area (Å²) < 4.78 is 11.4. The highest BCUT2D eigenvalue weighted by molar-refractivity contribution is 5.88. The molecule has 2 heterocycles. The second-order valence-corrected chi connectivity index (χ2v) is 8.98. The van der Waals surface area contributed by atoms with Gasteiger partial charge in [0.25, 0.3) is 0 Å². The van der Waals surface area contributed by atoms with E-state index in [1.807, 2.05) is 36.4 Å². The average Bonchev–Trinajstić information content (AvgIpc) is 3.29. The molecule has 1 saturated heterocycles. The molecular weight excluding hydrogens is 388 g/mol. The first-order valence-electron chi connectivity index (χ1n) is 11.5. The van der Waals surface area contributed by atoms with Gasteiger partial charge in [0.15, 0.2) is 11.5 Å². The Labute approximate surface area is 183 Å². The summed E-state index contributed by atoms with van der Waals surface area (Å²) in [6.07, 6.45) is 7.22. The van der Waals surface area contributed by atoms with Crippen LogP contribution in [0.4, 0.5) is 0 Å². The van der Waals surface area contributed by atoms with Gasteiger partial charge in [0.05, 0.1) is 18.4 Å². The van der Waals surface area contributed by atoms with Crippen molar-refractivity contribution in [1.29, 1.82) is 0 Å². The van der Waals surface area contributed by atoms with Gasteiger partial charge in [-0.25, -0.2) is 4.98 Å². The summed E-state index contributed by atoms with van der Waals surface area (Å²) in [4.78, 5) is 20.8. The van der Waals surface area contributed by atoms with E-state index in [1.54, 1.807) is 7.11 Å². The summed E-state index contributed by atoms with van der Waals surface area (Å²) in [5.74, 6) is 2.02. The van der Waals surface area contributed by atoms with Gasteiger partial charge in [0, 0.05) is 13.1 Å². The number of nitrogens with zero attached hydrogens (tertiary/aromatic N) is 2. The van der Waals surface area contributed by atoms with Crippen LogP contribution in [0.3, 0.4) is 0 Å². The topological polar surface area (TPSA) is 55.6 Å². The Morgan fingerprint density at radius 3 is 2.58 bits per heavy atom. The number of aromatic nitrogens is 1. The fraction of sp³-hybridized carbons (Fsp3) is 0.462. The number of carbonyl (C=O) groups excluding carboxylic acids is 1. The molecule has 2 aliphatic rings. The molecule has 1 aliphatic carbocycles. The van der Waals surface area contributed by atoms with Crippen LogP contribution in [0.5, 0.6) is 5.75 Å². The second-order valence-electron chi connectivity index (χ2n) is 8.98. The van der Waals surface area contributed by atoms with Crippen LogP contribution in [0.2, 0.25) is 0 Å². The quantitative estimate of drug-likeness (QED) is 0.566. The van der Waals surface area contributed by atoms with E-state index >= 15 is 0 Å². The maximum Gasteiger partial charge on any atom is 0.233 e. The second kappa shape index (κ2) is 8.37. The van der Waals surface area contributed by atoms with Crippen molar-refractivity contribution in [3.05, 3.63) is 60.0 Å². The molecule has 5 rings (SSSR count). The number of benzene rings is 2. The number of carbonyl (C=O) groups is 1. The van der Waals surface area contributed by atoms with Crippen molar-refractivity contribution >= 4 is 17.0 Å². The number of amides is 1. The van der Waals surface area contributed by atoms with E-state index in [0.29, 0.717) is 6.54 Å². The Kier molecular flexibility index (Phi) is 5.43. The molecule has 1 aliphatic heterocycles. The van der Waals surface area contributed by atoms with Gasteiger partial charge in [-0.3, -0.25) is 4.79 Å². The van der Waals surface area contributed by atoms with Crippen molar-refractivity contribution in [3.63, 3.8) is 0 Å². The zero-order chi connectivity index (χ0) is 21.3. The molecule has 5 nitrogen and oxygen atoms in total. The van der Waals surface area contributed by atoms with E-state index in [9.17, 15) is 4.79 Å². The van der Waals surface area contributed by atoms with Gasteiger partial charge in [0.1, 0.15) is 11.3 Å². The third-order valence-electron chi connectivity index (χ3n) is 7.13. The van der Waals surface area contributed by atoms with E-state index in [-0.39, 0.29) is 11.8 Å². The number of hydrogen-bond acceptors (Lipinski definition) is 4. The minimum absolute atomic E-state index is 0.154. The molecule has 1 unspecified atom stereocenters. The summed E-state index contributed by atoms with van der Waals surface area (Å²) in [5, 5.41) is 0. The predicted molar refractivity (Wildman–Crippen MR) is 120 cm³/mol. The van der Waals surface area contributed by atoms with Crippen molar-refractivity contribution in [3.8, 4) is 5.75 Å². The van der Waals surface area contributed by atoms with Gasteiger partial charge in [0.2, 0.25) is 5.91 Å². The van der Waals surface area contributed by atoms with Crippen LogP contribution in [-0.2, 0) is 10.2 Å². The van der Waals surface area contributed by atoms with E-state index in [0.717, 1.165) is 73.4 Å². The lowest BCUT2D eigenvalue weighted by Crippen LogP contribution is -2.51. The molecule has 1 amide bonds. The summed E-state index contributed by atoms with van der Waals surface area (Å²) in [7, 11) is 1.68. The lowest BCUT2D eigenvalue weighted by molar-refractivity contribution is -0.140. The van der Waals surface area contributed by atoms with Gasteiger partial charge in [-0.15, -0.1) is 0 Å². The minimum atomic E-state index is -0.423. The van der Waals surface area contributed by atoms with E-state index in [4.69, 9.17) is 14.1 Å². The molecule has 0 radical (unpaired) electrons. The monoisotopic (exact) mass is 418 g/mol. The maximum absolute atomic E-state index is 14.0. The van der Waals surface area contributed by atoms with Crippen LogP contribution in [0.1, 0.15) is 62.3 Å². The van der Waals surface area contributed by atoms with Gasteiger partial charge >= 0.3 is 0 Å². The molecule has 5 heteroatoms. The normalized spacial score (nSPS) is 21.2. The highest BCUT2D eigenvalue weighted by atomic mass is 16.5. The number of oxazole rings is 1. The molecule has 31 heavy (non-hydrogen) atoms. The molecule has 162 valence electrons. The first-order chi connectivity index (χ1) is 15.2. The average molecular weight is 419 g/mol. The molecule has 0 spiro atoms. The number of hydrogen-bond donors (Lipinski definition) is 0. The van der Waals surface area contributed by atoms with E-state index in [2.05, 4.69) is 17.0 Å². The largest absolute Gasteiger partial charge is 0.497 e. The standard InChI is InChI=1S/C26H30N2O3/c1-30-21-13-11-20(12-14-21)26(15-5-2-6-16-26)25(29)28-17-7-8-19(18-28)24-27-22-9-3-4-10-23(22)31-24/h3-4,9-14,19H,2,5-8,15-18H2,1H3. The van der Waals surface area contributed by atoms with Crippen molar-refractivity contribution in [2.24, 2.45) is 0 Å². The van der Waals surface area contributed by atoms with Gasteiger partial charge in [-0.2, -0.15) is 0 Å². The summed E-state index contributed by atoms with van der Waals surface area (Å²) >= 11 is 0. The Hall–Kier alpha value is -2.82. The predicted octanol–water partition coefficient (Wildman–Crippen LogP) is 5.44. The number of methoxy groups -OCH3 is 1. The minimum Gasteiger partial charge on any atom is -0.497 e. The highest BCUT2D eigenvalue weighted by Crippen LogP contribution is 2.42. The number of piperidine rings is 1. The van der Waals surface area contributed by atoms with Crippen molar-refractivity contribution in [2.45, 2.75) is 56.3 Å². The first kappa shape index (κ1) is 20.1. The van der Waals surface area contributed by atoms with Crippen molar-refractivity contribution in [1.82, 2.24) is 9.88 Å². The lowest BCUT2D eigenvalue weighted by atomic mass is 9.68. The Morgan fingerprint density at radius 2 is 1.84 bits per heavy atom. The Bertz CT molecular complexity index is 1020. The first-order valence-corrected chi connectivity index (χ1v) is 11.5. The van der Waals surface area contributed by atoms with Crippen LogP contribution in [0.15, 0.2) is 52.9 Å². The van der Waals surface area contributed by atoms with E-state index < -0.39 is 5.41 Å². The summed E-state index contributed by atoms with van der Waals surface area (Å²) in [5.41, 5.74) is 2.42. The fourth-order valence-electron chi connectivity index (χ4n) is 5.42.